The quantitative estimate of drug-likeness (QED) is 0.755. The summed E-state index contributed by atoms with van der Waals surface area (Å²) in [6.45, 7) is 0. The monoisotopic (exact) mass is 370 g/mol. The van der Waals surface area contributed by atoms with Crippen LogP contribution in [0.2, 0.25) is 0 Å². The van der Waals surface area contributed by atoms with Gasteiger partial charge in [0.1, 0.15) is 5.82 Å². The molecule has 0 spiro atoms. The van der Waals surface area contributed by atoms with Crippen LogP contribution < -0.4 is 10.2 Å². The van der Waals surface area contributed by atoms with E-state index < -0.39 is 0 Å². The van der Waals surface area contributed by atoms with Gasteiger partial charge < -0.3 is 15.0 Å². The van der Waals surface area contributed by atoms with Crippen molar-refractivity contribution in [3.05, 3.63) is 24.0 Å². The number of carbonyl (C=O) groups is 1. The molecule has 2 aromatic heterocycles. The number of hydrogen-bond acceptors (Lipinski definition) is 7. The number of esters is 1. The lowest BCUT2D eigenvalue weighted by Crippen LogP contribution is -2.37. The fourth-order valence-corrected chi connectivity index (χ4v) is 3.75. The highest BCUT2D eigenvalue weighted by atomic mass is 16.5. The molecule has 0 atom stereocenters. The maximum atomic E-state index is 11.7. The zero-order valence-corrected chi connectivity index (χ0v) is 15.8. The molecular weight excluding hydrogens is 344 g/mol. The molecule has 0 saturated heterocycles. The van der Waals surface area contributed by atoms with Crippen molar-refractivity contribution in [1.82, 2.24) is 20.2 Å². The molecule has 27 heavy (non-hydrogen) atoms. The highest BCUT2D eigenvalue weighted by Crippen LogP contribution is 2.39. The minimum Gasteiger partial charge on any atom is -0.469 e. The Morgan fingerprint density at radius 1 is 1.22 bits per heavy atom. The number of anilines is 3. The maximum Gasteiger partial charge on any atom is 0.308 e. The van der Waals surface area contributed by atoms with Gasteiger partial charge in [-0.3, -0.25) is 9.89 Å². The summed E-state index contributed by atoms with van der Waals surface area (Å²) in [7, 11) is 3.47. The Balaban J connectivity index is 1.38. The van der Waals surface area contributed by atoms with Crippen molar-refractivity contribution in [1.29, 1.82) is 0 Å². The third kappa shape index (κ3) is 4.04. The summed E-state index contributed by atoms with van der Waals surface area (Å²) >= 11 is 0. The molecule has 2 fully saturated rings. The third-order valence-electron chi connectivity index (χ3n) is 5.61. The molecule has 4 rings (SSSR count). The molecule has 2 heterocycles. The van der Waals surface area contributed by atoms with Gasteiger partial charge in [-0.25, -0.2) is 4.98 Å². The first-order valence-electron chi connectivity index (χ1n) is 9.60. The number of aromatic amines is 1. The molecule has 0 amide bonds. The van der Waals surface area contributed by atoms with Gasteiger partial charge in [-0.1, -0.05) is 0 Å². The molecular formula is C19H26N6O2. The number of H-pyrrole nitrogens is 1. The molecule has 2 aliphatic rings. The number of ether oxygens (including phenoxy) is 1. The lowest BCUT2D eigenvalue weighted by atomic mass is 9.85. The van der Waals surface area contributed by atoms with Crippen molar-refractivity contribution in [2.45, 2.75) is 50.5 Å². The predicted molar refractivity (Wildman–Crippen MR) is 102 cm³/mol. The molecule has 0 radical (unpaired) electrons. The second kappa shape index (κ2) is 7.54. The fourth-order valence-electron chi connectivity index (χ4n) is 3.75. The van der Waals surface area contributed by atoms with Crippen LogP contribution in [0.4, 0.5) is 17.6 Å². The third-order valence-corrected chi connectivity index (χ3v) is 5.61. The van der Waals surface area contributed by atoms with Crippen LogP contribution in [0.3, 0.4) is 0 Å². The van der Waals surface area contributed by atoms with Gasteiger partial charge >= 0.3 is 5.97 Å². The molecule has 0 bridgehead atoms. The second-order valence-electron chi connectivity index (χ2n) is 7.49. The predicted octanol–water partition coefficient (Wildman–Crippen LogP) is 2.99. The van der Waals surface area contributed by atoms with Gasteiger partial charge in [0.15, 0.2) is 5.82 Å². The van der Waals surface area contributed by atoms with E-state index in [1.165, 1.54) is 25.6 Å². The average Bonchev–Trinajstić information content (AvgIpc) is 3.46. The van der Waals surface area contributed by atoms with Crippen molar-refractivity contribution in [2.24, 2.45) is 5.92 Å². The van der Waals surface area contributed by atoms with E-state index in [0.717, 1.165) is 37.3 Å². The molecule has 8 heteroatoms. The van der Waals surface area contributed by atoms with Gasteiger partial charge in [0.2, 0.25) is 5.95 Å². The molecule has 2 aliphatic carbocycles. The number of nitrogens with one attached hydrogen (secondary N) is 2. The van der Waals surface area contributed by atoms with E-state index in [1.54, 1.807) is 6.20 Å². The number of carbonyl (C=O) groups excluding carboxylic acids is 1. The number of nitrogens with zero attached hydrogens (tertiary/aromatic N) is 4. The van der Waals surface area contributed by atoms with Gasteiger partial charge in [-0.2, -0.15) is 10.1 Å². The van der Waals surface area contributed by atoms with E-state index in [9.17, 15) is 4.79 Å². The normalized spacial score (nSPS) is 22.3. The maximum absolute atomic E-state index is 11.7. The summed E-state index contributed by atoms with van der Waals surface area (Å²) in [6.07, 6.45) is 7.79. The summed E-state index contributed by atoms with van der Waals surface area (Å²) in [5.74, 6) is 2.75. The zero-order chi connectivity index (χ0) is 18.8. The van der Waals surface area contributed by atoms with Crippen molar-refractivity contribution in [3.63, 3.8) is 0 Å². The van der Waals surface area contributed by atoms with E-state index in [-0.39, 0.29) is 11.9 Å². The van der Waals surface area contributed by atoms with Gasteiger partial charge in [-0.15, -0.1) is 0 Å². The van der Waals surface area contributed by atoms with Gasteiger partial charge in [0, 0.05) is 37.0 Å². The molecule has 2 aromatic rings. The Kier molecular flexibility index (Phi) is 4.96. The van der Waals surface area contributed by atoms with Crippen LogP contribution in [0.25, 0.3) is 0 Å². The average molecular weight is 370 g/mol. The summed E-state index contributed by atoms with van der Waals surface area (Å²) in [5, 5.41) is 10.7. The molecule has 0 aromatic carbocycles. The van der Waals surface area contributed by atoms with Crippen molar-refractivity contribution >= 4 is 23.6 Å². The Morgan fingerprint density at radius 3 is 2.70 bits per heavy atom. The molecule has 8 nitrogen and oxygen atoms in total. The van der Waals surface area contributed by atoms with Gasteiger partial charge in [0.25, 0.3) is 0 Å². The Bertz CT molecular complexity index is 795. The van der Waals surface area contributed by atoms with Crippen LogP contribution >= 0.6 is 0 Å². The van der Waals surface area contributed by atoms with Crippen LogP contribution in [0, 0.1) is 5.92 Å². The van der Waals surface area contributed by atoms with E-state index in [4.69, 9.17) is 4.74 Å². The highest BCUT2D eigenvalue weighted by Gasteiger charge is 2.30. The van der Waals surface area contributed by atoms with Gasteiger partial charge in [0.05, 0.1) is 13.0 Å². The van der Waals surface area contributed by atoms with Crippen LogP contribution in [0.1, 0.15) is 50.1 Å². The smallest absolute Gasteiger partial charge is 0.308 e. The highest BCUT2D eigenvalue weighted by molar-refractivity contribution is 5.72. The minimum absolute atomic E-state index is 0.0221. The van der Waals surface area contributed by atoms with Gasteiger partial charge in [-0.05, 0) is 44.6 Å². The topological polar surface area (TPSA) is 96.0 Å². The van der Waals surface area contributed by atoms with Crippen molar-refractivity contribution in [2.75, 3.05) is 24.4 Å². The number of rotatable bonds is 6. The first kappa shape index (κ1) is 17.8. The summed E-state index contributed by atoms with van der Waals surface area (Å²) in [5.41, 5.74) is 1.19. The Labute approximate surface area is 158 Å². The Hall–Kier alpha value is -2.64. The van der Waals surface area contributed by atoms with Crippen molar-refractivity contribution in [3.8, 4) is 0 Å². The lowest BCUT2D eigenvalue weighted by molar-refractivity contribution is -0.146. The van der Waals surface area contributed by atoms with Crippen LogP contribution in [-0.2, 0) is 9.53 Å². The standard InChI is InChI=1S/C19H26N6O2/c1-25(14-7-5-13(6-8-14)18(26)27-2)19-20-10-9-16(22-19)21-17-11-15(23-24-17)12-3-4-12/h9-14H,3-8H2,1-2H3,(H2,20,21,22,23,24). The molecule has 0 unspecified atom stereocenters. The van der Waals surface area contributed by atoms with Crippen LogP contribution in [-0.4, -0.2) is 46.3 Å². The van der Waals surface area contributed by atoms with E-state index in [2.05, 4.69) is 36.4 Å². The molecule has 144 valence electrons. The largest absolute Gasteiger partial charge is 0.469 e. The summed E-state index contributed by atoms with van der Waals surface area (Å²) < 4.78 is 4.87. The molecule has 2 N–H and O–H groups in total. The zero-order valence-electron chi connectivity index (χ0n) is 15.8. The number of hydrogen-bond donors (Lipinski definition) is 2. The first-order valence-corrected chi connectivity index (χ1v) is 9.60. The minimum atomic E-state index is -0.0943. The number of aromatic nitrogens is 4. The van der Waals surface area contributed by atoms with Crippen molar-refractivity contribution < 1.29 is 9.53 Å². The Morgan fingerprint density at radius 2 is 2.00 bits per heavy atom. The second-order valence-corrected chi connectivity index (χ2v) is 7.49. The van der Waals surface area contributed by atoms with E-state index in [1.807, 2.05) is 13.1 Å². The fraction of sp³-hybridized carbons (Fsp3) is 0.579. The molecule has 2 saturated carbocycles. The summed E-state index contributed by atoms with van der Waals surface area (Å²) in [6, 6.07) is 4.22. The van der Waals surface area contributed by atoms with E-state index >= 15 is 0 Å². The first-order chi connectivity index (χ1) is 13.1. The van der Waals surface area contributed by atoms with Crippen LogP contribution in [0.5, 0.6) is 0 Å². The molecule has 0 aliphatic heterocycles. The number of methoxy groups -OCH3 is 1. The summed E-state index contributed by atoms with van der Waals surface area (Å²) in [4.78, 5) is 22.9. The lowest BCUT2D eigenvalue weighted by Gasteiger charge is -2.33. The SMILES string of the molecule is COC(=O)C1CCC(N(C)c2nccc(Nc3cc(C4CC4)[nH]n3)n2)CC1. The van der Waals surface area contributed by atoms with Crippen LogP contribution in [0.15, 0.2) is 18.3 Å². The van der Waals surface area contributed by atoms with E-state index in [0.29, 0.717) is 17.9 Å².